The lowest BCUT2D eigenvalue weighted by molar-refractivity contribution is -0.00869. The maximum Gasteiger partial charge on any atom is 0.186 e. The number of aromatic nitrogens is 1. The van der Waals surface area contributed by atoms with Crippen LogP contribution in [-0.4, -0.2) is 36.3 Å². The van der Waals surface area contributed by atoms with E-state index in [1.165, 1.54) is 54.2 Å². The zero-order valence-electron chi connectivity index (χ0n) is 12.8. The van der Waals surface area contributed by atoms with Crippen LogP contribution in [0.3, 0.4) is 0 Å². The van der Waals surface area contributed by atoms with E-state index in [1.807, 2.05) is 11.3 Å². The molecule has 1 aliphatic heterocycles. The van der Waals surface area contributed by atoms with Crippen LogP contribution in [0.25, 0.3) is 0 Å². The van der Waals surface area contributed by atoms with Gasteiger partial charge >= 0.3 is 0 Å². The number of fused-ring (bicyclic) bond motifs is 1. The number of rotatable bonds is 4. The lowest BCUT2D eigenvalue weighted by Gasteiger charge is -2.43. The molecule has 1 aromatic heterocycles. The SMILES string of the molecule is Cc1nc(N2CCOC3CCCCC32)sc1CNC1CC1. The summed E-state index contributed by atoms with van der Waals surface area (Å²) >= 11 is 1.89. The van der Waals surface area contributed by atoms with Crippen molar-refractivity contribution in [2.24, 2.45) is 0 Å². The minimum atomic E-state index is 0.435. The Kier molecular flexibility index (Phi) is 3.90. The molecule has 5 heteroatoms. The molecule has 0 aromatic carbocycles. The standard InChI is InChI=1S/C16H25N3OS/c1-11-15(10-17-12-6-7-12)21-16(18-11)19-8-9-20-14-5-3-2-4-13(14)19/h12-14,17H,2-10H2,1H3. The summed E-state index contributed by atoms with van der Waals surface area (Å²) in [7, 11) is 0. The summed E-state index contributed by atoms with van der Waals surface area (Å²) in [6, 6.07) is 1.32. The Hall–Kier alpha value is -0.650. The van der Waals surface area contributed by atoms with E-state index in [2.05, 4.69) is 17.1 Å². The van der Waals surface area contributed by atoms with Gasteiger partial charge in [-0.15, -0.1) is 11.3 Å². The van der Waals surface area contributed by atoms with Crippen LogP contribution in [0.2, 0.25) is 0 Å². The van der Waals surface area contributed by atoms with E-state index in [1.54, 1.807) is 0 Å². The summed E-state index contributed by atoms with van der Waals surface area (Å²) in [5, 5.41) is 4.84. The monoisotopic (exact) mass is 307 g/mol. The Bertz CT molecular complexity index is 498. The van der Waals surface area contributed by atoms with Crippen LogP contribution in [0, 0.1) is 6.92 Å². The van der Waals surface area contributed by atoms with Crippen LogP contribution in [-0.2, 0) is 11.3 Å². The van der Waals surface area contributed by atoms with Crippen LogP contribution < -0.4 is 10.2 Å². The molecule has 2 aliphatic carbocycles. The van der Waals surface area contributed by atoms with Crippen LogP contribution in [0.15, 0.2) is 0 Å². The highest BCUT2D eigenvalue weighted by molar-refractivity contribution is 7.15. The zero-order chi connectivity index (χ0) is 14.2. The third-order valence-electron chi connectivity index (χ3n) is 4.99. The number of thiazole rings is 1. The van der Waals surface area contributed by atoms with Gasteiger partial charge in [0.05, 0.1) is 24.4 Å². The van der Waals surface area contributed by atoms with Crippen molar-refractivity contribution >= 4 is 16.5 Å². The van der Waals surface area contributed by atoms with Crippen molar-refractivity contribution in [2.45, 2.75) is 70.2 Å². The molecule has 3 aliphatic rings. The number of hydrogen-bond donors (Lipinski definition) is 1. The lowest BCUT2D eigenvalue weighted by atomic mass is 9.90. The second kappa shape index (κ2) is 5.86. The third kappa shape index (κ3) is 2.96. The first-order chi connectivity index (χ1) is 10.3. The van der Waals surface area contributed by atoms with Crippen molar-refractivity contribution < 1.29 is 4.74 Å². The predicted octanol–water partition coefficient (Wildman–Crippen LogP) is 2.85. The normalized spacial score (nSPS) is 29.5. The molecule has 1 saturated heterocycles. The Morgan fingerprint density at radius 3 is 3.00 bits per heavy atom. The number of anilines is 1. The molecule has 0 spiro atoms. The topological polar surface area (TPSA) is 37.4 Å². The summed E-state index contributed by atoms with van der Waals surface area (Å²) in [5.74, 6) is 0. The highest BCUT2D eigenvalue weighted by Gasteiger charge is 2.35. The summed E-state index contributed by atoms with van der Waals surface area (Å²) < 4.78 is 5.98. The molecule has 3 fully saturated rings. The molecular formula is C16H25N3OS. The molecule has 116 valence electrons. The molecule has 2 unspecified atom stereocenters. The van der Waals surface area contributed by atoms with E-state index in [4.69, 9.17) is 9.72 Å². The molecule has 1 N–H and O–H groups in total. The number of aryl methyl sites for hydroxylation is 1. The Labute approximate surface area is 130 Å². The van der Waals surface area contributed by atoms with E-state index in [0.29, 0.717) is 12.1 Å². The van der Waals surface area contributed by atoms with Crippen LogP contribution in [0.4, 0.5) is 5.13 Å². The number of morpholine rings is 1. The molecule has 21 heavy (non-hydrogen) atoms. The lowest BCUT2D eigenvalue weighted by Crippen LogP contribution is -2.52. The molecule has 4 nitrogen and oxygen atoms in total. The minimum absolute atomic E-state index is 0.435. The van der Waals surface area contributed by atoms with E-state index < -0.39 is 0 Å². The van der Waals surface area contributed by atoms with E-state index >= 15 is 0 Å². The molecular weight excluding hydrogens is 282 g/mol. The molecule has 2 heterocycles. The van der Waals surface area contributed by atoms with Gasteiger partial charge < -0.3 is 15.0 Å². The summed E-state index contributed by atoms with van der Waals surface area (Å²) in [5.41, 5.74) is 1.21. The molecule has 0 radical (unpaired) electrons. The van der Waals surface area contributed by atoms with Gasteiger partial charge in [-0.3, -0.25) is 0 Å². The molecule has 4 rings (SSSR count). The molecule has 2 saturated carbocycles. The largest absolute Gasteiger partial charge is 0.374 e. The van der Waals surface area contributed by atoms with Gasteiger partial charge in [0, 0.05) is 24.0 Å². The summed E-state index contributed by atoms with van der Waals surface area (Å²) in [6.07, 6.45) is 8.27. The van der Waals surface area contributed by atoms with Gasteiger partial charge in [-0.25, -0.2) is 4.98 Å². The number of hydrogen-bond acceptors (Lipinski definition) is 5. The summed E-state index contributed by atoms with van der Waals surface area (Å²) in [4.78, 5) is 8.82. The van der Waals surface area contributed by atoms with Crippen LogP contribution >= 0.6 is 11.3 Å². The van der Waals surface area contributed by atoms with Gasteiger partial charge in [-0.2, -0.15) is 0 Å². The smallest absolute Gasteiger partial charge is 0.186 e. The highest BCUT2D eigenvalue weighted by atomic mass is 32.1. The quantitative estimate of drug-likeness (QED) is 0.928. The fourth-order valence-electron chi connectivity index (χ4n) is 3.56. The first-order valence-electron chi connectivity index (χ1n) is 8.39. The maximum atomic E-state index is 5.98. The Balaban J connectivity index is 1.49. The van der Waals surface area contributed by atoms with Crippen molar-refractivity contribution in [3.8, 4) is 0 Å². The van der Waals surface area contributed by atoms with Crippen molar-refractivity contribution in [2.75, 3.05) is 18.1 Å². The maximum absolute atomic E-state index is 5.98. The summed E-state index contributed by atoms with van der Waals surface area (Å²) in [6.45, 7) is 5.01. The number of nitrogens with one attached hydrogen (secondary N) is 1. The van der Waals surface area contributed by atoms with Gasteiger partial charge in [-0.1, -0.05) is 12.8 Å². The Morgan fingerprint density at radius 1 is 1.29 bits per heavy atom. The van der Waals surface area contributed by atoms with Gasteiger partial charge in [0.15, 0.2) is 5.13 Å². The molecule has 0 amide bonds. The fraction of sp³-hybridized carbons (Fsp3) is 0.812. The van der Waals surface area contributed by atoms with Crippen molar-refractivity contribution in [1.29, 1.82) is 0 Å². The first kappa shape index (κ1) is 14.0. The first-order valence-corrected chi connectivity index (χ1v) is 9.21. The van der Waals surface area contributed by atoms with Crippen molar-refractivity contribution in [3.05, 3.63) is 10.6 Å². The van der Waals surface area contributed by atoms with E-state index in [-0.39, 0.29) is 0 Å². The van der Waals surface area contributed by atoms with Gasteiger partial charge in [0.1, 0.15) is 0 Å². The number of nitrogens with zero attached hydrogens (tertiary/aromatic N) is 2. The Morgan fingerprint density at radius 2 is 2.14 bits per heavy atom. The predicted molar refractivity (Wildman–Crippen MR) is 86.1 cm³/mol. The van der Waals surface area contributed by atoms with E-state index in [0.717, 1.165) is 25.7 Å². The second-order valence-corrected chi connectivity index (χ2v) is 7.68. The average Bonchev–Trinajstić information content (AvgIpc) is 3.27. The fourth-order valence-corrected chi connectivity index (χ4v) is 4.65. The highest BCUT2D eigenvalue weighted by Crippen LogP contribution is 2.35. The zero-order valence-corrected chi connectivity index (χ0v) is 13.6. The molecule has 1 aromatic rings. The van der Waals surface area contributed by atoms with Gasteiger partial charge in [-0.05, 0) is 32.6 Å². The van der Waals surface area contributed by atoms with Crippen LogP contribution in [0.5, 0.6) is 0 Å². The van der Waals surface area contributed by atoms with E-state index in [9.17, 15) is 0 Å². The third-order valence-corrected chi connectivity index (χ3v) is 6.18. The molecule has 0 bridgehead atoms. The minimum Gasteiger partial charge on any atom is -0.374 e. The van der Waals surface area contributed by atoms with Crippen molar-refractivity contribution in [1.82, 2.24) is 10.3 Å². The second-order valence-electron chi connectivity index (χ2n) is 6.61. The van der Waals surface area contributed by atoms with Gasteiger partial charge in [0.2, 0.25) is 0 Å². The number of ether oxygens (including phenoxy) is 1. The van der Waals surface area contributed by atoms with Crippen molar-refractivity contribution in [3.63, 3.8) is 0 Å². The molecule has 2 atom stereocenters. The average molecular weight is 307 g/mol. The van der Waals surface area contributed by atoms with Gasteiger partial charge in [0.25, 0.3) is 0 Å². The van der Waals surface area contributed by atoms with Crippen LogP contribution in [0.1, 0.15) is 49.1 Å².